The van der Waals surface area contributed by atoms with E-state index in [1.54, 1.807) is 0 Å². The maximum absolute atomic E-state index is 13.8. The zero-order chi connectivity index (χ0) is 47.3. The molecule has 0 aliphatic heterocycles. The molecule has 0 aliphatic rings. The summed E-state index contributed by atoms with van der Waals surface area (Å²) < 4.78 is 493. The maximum atomic E-state index is 13.6. The largest absolute Gasteiger partial charge is 1.00 e. The predicted molar refractivity (Wildman–Crippen MR) is 93.7 cm³/mol. The van der Waals surface area contributed by atoms with Gasteiger partial charge in [0.2, 0.25) is 0 Å². The van der Waals surface area contributed by atoms with Crippen LogP contribution in [0.4, 0.5) is 158 Å². The van der Waals surface area contributed by atoms with E-state index >= 15 is 0 Å². The SMILES string of the molecule is FC(F)(F)C([O][Al-]([O]C(C(F)(F)F)(C(F)(F)F)C(F)(F)F)([O]C(C(F)(F)F)(C(F)(F)F)C(F)(F)F)[O]C(C(F)(F)F)(C(F)(F)F)C(F)(F)F)(C(F)(F)F)C(F)(F)F.[Ag+]. The van der Waals surface area contributed by atoms with Gasteiger partial charge in [-0.15, -0.1) is 0 Å². The van der Waals surface area contributed by atoms with E-state index in [-0.39, 0.29) is 22.4 Å². The zero-order valence-electron chi connectivity index (χ0n) is 24.1. The van der Waals surface area contributed by atoms with Gasteiger partial charge >= 0.3 is 133 Å². The summed E-state index contributed by atoms with van der Waals surface area (Å²) in [5.41, 5.74) is -40.5. The summed E-state index contributed by atoms with van der Waals surface area (Å²) in [5, 5.41) is 0. The molecule has 0 aromatic carbocycles. The van der Waals surface area contributed by atoms with Crippen molar-refractivity contribution in [2.24, 2.45) is 0 Å². The van der Waals surface area contributed by atoms with Crippen molar-refractivity contribution in [3.05, 3.63) is 0 Å². The van der Waals surface area contributed by atoms with Gasteiger partial charge in [-0.1, -0.05) is 0 Å². The molecular weight excluding hydrogens is 1070 g/mol. The summed E-state index contributed by atoms with van der Waals surface area (Å²) >= 11 is -13.8. The first-order valence-electron chi connectivity index (χ1n) is 11.6. The molecule has 0 spiro atoms. The van der Waals surface area contributed by atoms with Crippen LogP contribution >= 0.6 is 0 Å². The van der Waals surface area contributed by atoms with Crippen molar-refractivity contribution in [3.63, 3.8) is 0 Å². The van der Waals surface area contributed by atoms with Crippen molar-refractivity contribution >= 4 is 14.4 Å². The van der Waals surface area contributed by atoms with Crippen LogP contribution in [0.3, 0.4) is 0 Å². The van der Waals surface area contributed by atoms with Crippen molar-refractivity contribution in [2.75, 3.05) is 0 Å². The van der Waals surface area contributed by atoms with E-state index in [0.717, 1.165) is 15.2 Å². The van der Waals surface area contributed by atoms with Gasteiger partial charge in [0.15, 0.2) is 0 Å². The molecule has 42 heteroatoms. The molecule has 4 nitrogen and oxygen atoms in total. The van der Waals surface area contributed by atoms with Gasteiger partial charge < -0.3 is 15.2 Å². The summed E-state index contributed by atoms with van der Waals surface area (Å²) in [4.78, 5) is 0. The Hall–Kier alpha value is -1.41. The Balaban J connectivity index is 0. The normalized spacial score (nSPS) is 16.8. The molecule has 0 unspecified atom stereocenters. The molecule has 0 radical (unpaired) electrons. The van der Waals surface area contributed by atoms with Gasteiger partial charge in [0.25, 0.3) is 0 Å². The average molecular weight is 1070 g/mol. The average Bonchev–Trinajstić information content (AvgIpc) is 2.77. The first-order valence-corrected chi connectivity index (χ1v) is 13.4. The molecule has 0 aliphatic carbocycles. The molecule has 0 saturated carbocycles. The third-order valence-electron chi connectivity index (χ3n) is 6.07. The third kappa shape index (κ3) is 9.19. The van der Waals surface area contributed by atoms with Crippen molar-refractivity contribution in [2.45, 2.75) is 96.5 Å². The molecule has 0 atom stereocenters. The minimum absolute atomic E-state index is 0. The first kappa shape index (κ1) is 58.7. The molecule has 0 saturated heterocycles. The Morgan fingerprint density at radius 2 is 0.241 bits per heavy atom. The van der Waals surface area contributed by atoms with Crippen LogP contribution in [0.1, 0.15) is 0 Å². The minimum Gasteiger partial charge on any atom is -0.562 e. The monoisotopic (exact) mass is 1070 g/mol. The fraction of sp³-hybridized carbons (Fsp3) is 1.00. The Labute approximate surface area is 307 Å². The number of hydrogen-bond acceptors (Lipinski definition) is 4. The van der Waals surface area contributed by atoms with E-state index in [1.807, 2.05) is 0 Å². The van der Waals surface area contributed by atoms with Crippen LogP contribution in [0.5, 0.6) is 0 Å². The van der Waals surface area contributed by atoms with Crippen LogP contribution in [0.15, 0.2) is 0 Å². The van der Waals surface area contributed by atoms with Crippen molar-refractivity contribution in [3.8, 4) is 0 Å². The molecule has 0 rings (SSSR count). The molecule has 0 aromatic heterocycles. The van der Waals surface area contributed by atoms with Crippen LogP contribution in [-0.2, 0) is 37.5 Å². The van der Waals surface area contributed by atoms with Crippen LogP contribution in [0, 0.1) is 0 Å². The van der Waals surface area contributed by atoms with E-state index in [1.165, 1.54) is 0 Å². The Bertz CT molecular complexity index is 1030. The summed E-state index contributed by atoms with van der Waals surface area (Å²) in [7, 11) is 0. The Morgan fingerprint density at radius 1 is 0.172 bits per heavy atom. The summed E-state index contributed by atoms with van der Waals surface area (Å²) in [6.45, 7) is 0. The van der Waals surface area contributed by atoms with Crippen molar-refractivity contribution < 1.29 is 196 Å². The van der Waals surface area contributed by atoms with Crippen LogP contribution in [0.2, 0.25) is 0 Å². The predicted octanol–water partition coefficient (Wildman–Crippen LogP) is 11.2. The fourth-order valence-electron chi connectivity index (χ4n) is 3.74. The quantitative estimate of drug-likeness (QED) is 0.179. The van der Waals surface area contributed by atoms with Gasteiger partial charge in [0.05, 0.1) is 0 Å². The molecule has 0 N–H and O–H groups in total. The number of alkyl halides is 36. The Kier molecular flexibility index (Phi) is 15.3. The standard InChI is InChI=1S/4C4F9O.Ag.Al/c4*5-2(6,7)1(14,3(8,9)10)4(11,12)13;;/q4*-1;+1;+3. The van der Waals surface area contributed by atoms with E-state index < -0.39 is 111 Å². The van der Waals surface area contributed by atoms with E-state index in [9.17, 15) is 158 Å². The van der Waals surface area contributed by atoms with E-state index in [0.29, 0.717) is 0 Å². The van der Waals surface area contributed by atoms with Crippen LogP contribution in [0.25, 0.3) is 0 Å². The zero-order valence-corrected chi connectivity index (χ0v) is 26.8. The van der Waals surface area contributed by atoms with Crippen molar-refractivity contribution in [1.82, 2.24) is 0 Å². The number of rotatable bonds is 8. The summed E-state index contributed by atoms with van der Waals surface area (Å²) in [6.07, 6.45) is -116. The van der Waals surface area contributed by atoms with Gasteiger partial charge in [0.1, 0.15) is 0 Å². The molecule has 0 amide bonds. The third-order valence-corrected chi connectivity index (χ3v) is 8.64. The van der Waals surface area contributed by atoms with Gasteiger partial charge in [-0.3, -0.25) is 0 Å². The van der Waals surface area contributed by atoms with Crippen molar-refractivity contribution in [1.29, 1.82) is 0 Å². The first-order chi connectivity index (χ1) is 23.8. The molecule has 0 bridgehead atoms. The van der Waals surface area contributed by atoms with E-state index in [2.05, 4.69) is 0 Å². The molecule has 0 heterocycles. The van der Waals surface area contributed by atoms with Crippen LogP contribution in [-0.4, -0.2) is 111 Å². The topological polar surface area (TPSA) is 36.9 Å². The van der Waals surface area contributed by atoms with Gasteiger partial charge in [0, 0.05) is 0 Å². The Morgan fingerprint density at radius 3 is 0.293 bits per heavy atom. The van der Waals surface area contributed by atoms with Crippen LogP contribution < -0.4 is 0 Å². The molecule has 0 aromatic rings. The van der Waals surface area contributed by atoms with E-state index in [4.69, 9.17) is 0 Å². The van der Waals surface area contributed by atoms with Gasteiger partial charge in [-0.2, -0.15) is 158 Å². The summed E-state index contributed by atoms with van der Waals surface area (Å²) in [6, 6.07) is 0. The molecular formula is C16AgAlF36O4. The van der Waals surface area contributed by atoms with Gasteiger partial charge in [-0.25, -0.2) is 0 Å². The summed E-state index contributed by atoms with van der Waals surface area (Å²) in [5.74, 6) is 0. The fourth-order valence-corrected chi connectivity index (χ4v) is 7.37. The minimum atomic E-state index is -13.8. The second kappa shape index (κ2) is 15.1. The van der Waals surface area contributed by atoms with Gasteiger partial charge in [-0.05, 0) is 0 Å². The maximum Gasteiger partial charge on any atom is 1.00 e. The number of hydrogen-bond donors (Lipinski definition) is 0. The molecule has 0 fully saturated rings. The molecule has 58 heavy (non-hydrogen) atoms. The smallest absolute Gasteiger partial charge is 0.562 e. The second-order valence-electron chi connectivity index (χ2n) is 9.75. The second-order valence-corrected chi connectivity index (χ2v) is 11.8. The number of halogens is 36. The molecule has 354 valence electrons.